The van der Waals surface area contributed by atoms with Crippen LogP contribution in [0.4, 0.5) is 4.79 Å². The van der Waals surface area contributed by atoms with Gasteiger partial charge < -0.3 is 29.2 Å². The van der Waals surface area contributed by atoms with Gasteiger partial charge in [-0.15, -0.1) is 0 Å². The summed E-state index contributed by atoms with van der Waals surface area (Å²) >= 11 is 0. The Morgan fingerprint density at radius 1 is 0.860 bits per heavy atom. The summed E-state index contributed by atoms with van der Waals surface area (Å²) in [5, 5.41) is 3.21. The zero-order valence-electron chi connectivity index (χ0n) is 25.6. The highest BCUT2D eigenvalue weighted by atomic mass is 16.6. The van der Waals surface area contributed by atoms with Crippen LogP contribution in [0.15, 0.2) is 54.6 Å². The summed E-state index contributed by atoms with van der Waals surface area (Å²) in [6.07, 6.45) is 2.96. The van der Waals surface area contributed by atoms with Gasteiger partial charge in [0.25, 0.3) is 0 Å². The number of hydrogen-bond acceptors (Lipinski definition) is 7. The van der Waals surface area contributed by atoms with Gasteiger partial charge in [0.1, 0.15) is 0 Å². The summed E-state index contributed by atoms with van der Waals surface area (Å²) < 4.78 is 22.3. The van der Waals surface area contributed by atoms with Crippen LogP contribution in [-0.2, 0) is 24.1 Å². The molecule has 2 amide bonds. The number of amides is 2. The van der Waals surface area contributed by atoms with E-state index in [4.69, 9.17) is 18.9 Å². The lowest BCUT2D eigenvalue weighted by Gasteiger charge is -2.37. The Balaban J connectivity index is 1.41. The molecule has 9 nitrogen and oxygen atoms in total. The predicted octanol–water partition coefficient (Wildman–Crippen LogP) is 4.76. The summed E-state index contributed by atoms with van der Waals surface area (Å²) in [5.41, 5.74) is 5.86. The molecule has 2 atom stereocenters. The van der Waals surface area contributed by atoms with Crippen LogP contribution in [0.3, 0.4) is 0 Å². The molecule has 43 heavy (non-hydrogen) atoms. The van der Waals surface area contributed by atoms with Crippen LogP contribution in [0, 0.1) is 0 Å². The molecule has 1 aliphatic carbocycles. The number of benzene rings is 3. The topological polar surface area (TPSA) is 89.6 Å². The maximum Gasteiger partial charge on any atom is 0.414 e. The minimum Gasteiger partial charge on any atom is -0.493 e. The Morgan fingerprint density at radius 2 is 1.60 bits per heavy atom. The molecule has 0 bridgehead atoms. The van der Waals surface area contributed by atoms with Crippen LogP contribution in [-0.4, -0.2) is 76.9 Å². The summed E-state index contributed by atoms with van der Waals surface area (Å²) in [6.45, 7) is 1.58. The van der Waals surface area contributed by atoms with Gasteiger partial charge in [-0.2, -0.15) is 0 Å². The number of carbonyl (C=O) groups is 2. The number of rotatable bonds is 10. The molecule has 0 spiro atoms. The molecule has 0 aromatic heterocycles. The van der Waals surface area contributed by atoms with Crippen LogP contribution < -0.4 is 24.3 Å². The van der Waals surface area contributed by atoms with Crippen molar-refractivity contribution in [3.63, 3.8) is 0 Å². The summed E-state index contributed by atoms with van der Waals surface area (Å²) in [6, 6.07) is 18.1. The second-order valence-electron chi connectivity index (χ2n) is 11.3. The molecule has 2 unspecified atom stereocenters. The van der Waals surface area contributed by atoms with Gasteiger partial charge in [0.2, 0.25) is 5.91 Å². The van der Waals surface area contributed by atoms with Crippen molar-refractivity contribution >= 4 is 12.0 Å². The van der Waals surface area contributed by atoms with E-state index in [9.17, 15) is 9.59 Å². The molecule has 3 aromatic rings. The second kappa shape index (κ2) is 13.4. The lowest BCUT2D eigenvalue weighted by Crippen LogP contribution is -2.44. The normalized spacial score (nSPS) is 17.4. The molecule has 0 radical (unpaired) electrons. The first-order chi connectivity index (χ1) is 20.8. The van der Waals surface area contributed by atoms with E-state index in [1.807, 2.05) is 30.3 Å². The maximum atomic E-state index is 13.4. The summed E-state index contributed by atoms with van der Waals surface area (Å²) in [5.74, 6) is 2.49. The second-order valence-corrected chi connectivity index (χ2v) is 11.3. The van der Waals surface area contributed by atoms with Crippen LogP contribution in [0.1, 0.15) is 46.2 Å². The molecule has 9 heteroatoms. The van der Waals surface area contributed by atoms with Crippen molar-refractivity contribution in [1.29, 1.82) is 0 Å². The van der Waals surface area contributed by atoms with Crippen molar-refractivity contribution in [1.82, 2.24) is 15.1 Å². The number of aryl methyl sites for hydroxylation is 1. The number of ether oxygens (including phenoxy) is 4. The standard InChI is InChI=1S/C34H41N3O6/c1-36(2)34(39)43-32-19-27-24(18-31(32)42-5)14-15-37(28(27)16-22-10-13-29(40-3)30(17-22)41-4)21-33(38)35-20-25-12-11-23-8-6-7-9-26(23)25/h6-10,13,17-19,25,28H,11-12,14-16,20-21H2,1-5H3,(H,35,38). The van der Waals surface area contributed by atoms with Crippen LogP contribution in [0.2, 0.25) is 0 Å². The highest BCUT2D eigenvalue weighted by Crippen LogP contribution is 2.41. The molecule has 1 aliphatic heterocycles. The highest BCUT2D eigenvalue weighted by Gasteiger charge is 2.32. The monoisotopic (exact) mass is 587 g/mol. The number of carbonyl (C=O) groups excluding carboxylic acids is 2. The molecule has 1 heterocycles. The van der Waals surface area contributed by atoms with Crippen molar-refractivity contribution in [2.75, 3.05) is 55.1 Å². The first-order valence-corrected chi connectivity index (χ1v) is 14.7. The van der Waals surface area contributed by atoms with Gasteiger partial charge in [-0.25, -0.2) is 4.79 Å². The Morgan fingerprint density at radius 3 is 2.35 bits per heavy atom. The van der Waals surface area contributed by atoms with Gasteiger partial charge in [-0.05, 0) is 77.8 Å². The Hall–Kier alpha value is -4.24. The minimum atomic E-state index is -0.491. The van der Waals surface area contributed by atoms with Gasteiger partial charge in [-0.1, -0.05) is 30.3 Å². The quantitative estimate of drug-likeness (QED) is 0.366. The van der Waals surface area contributed by atoms with Crippen LogP contribution in [0.25, 0.3) is 0 Å². The van der Waals surface area contributed by atoms with E-state index >= 15 is 0 Å². The summed E-state index contributed by atoms with van der Waals surface area (Å²) in [4.78, 5) is 29.4. The fourth-order valence-corrected chi connectivity index (χ4v) is 6.18. The van der Waals surface area contributed by atoms with Gasteiger partial charge in [0.15, 0.2) is 23.0 Å². The van der Waals surface area contributed by atoms with E-state index in [1.165, 1.54) is 16.0 Å². The molecular weight excluding hydrogens is 546 g/mol. The number of fused-ring (bicyclic) bond motifs is 2. The van der Waals surface area contributed by atoms with E-state index in [1.54, 1.807) is 35.4 Å². The largest absolute Gasteiger partial charge is 0.493 e. The van der Waals surface area contributed by atoms with Crippen LogP contribution in [0.5, 0.6) is 23.0 Å². The maximum absolute atomic E-state index is 13.4. The van der Waals surface area contributed by atoms with Crippen LogP contribution >= 0.6 is 0 Å². The van der Waals surface area contributed by atoms with Crippen molar-refractivity contribution in [3.8, 4) is 23.0 Å². The number of methoxy groups -OCH3 is 3. The van der Waals surface area contributed by atoms with Crippen molar-refractivity contribution in [2.24, 2.45) is 0 Å². The fourth-order valence-electron chi connectivity index (χ4n) is 6.18. The molecular formula is C34H41N3O6. The zero-order valence-corrected chi connectivity index (χ0v) is 25.6. The number of hydrogen-bond donors (Lipinski definition) is 1. The zero-order chi connectivity index (χ0) is 30.5. The number of nitrogens with one attached hydrogen (secondary N) is 1. The van der Waals surface area contributed by atoms with Crippen molar-refractivity contribution in [3.05, 3.63) is 82.4 Å². The highest BCUT2D eigenvalue weighted by molar-refractivity contribution is 5.78. The van der Waals surface area contributed by atoms with Gasteiger partial charge >= 0.3 is 6.09 Å². The SMILES string of the molecule is COc1ccc(CC2c3cc(OC(=O)N(C)C)c(OC)cc3CCN2CC(=O)NCC2CCc3ccccc32)cc1OC. The van der Waals surface area contributed by atoms with Gasteiger partial charge in [0, 0.05) is 39.1 Å². The molecule has 3 aromatic carbocycles. The lowest BCUT2D eigenvalue weighted by molar-refractivity contribution is -0.123. The Kier molecular flexibility index (Phi) is 9.40. The minimum absolute atomic E-state index is 0.00193. The fraction of sp³-hybridized carbons (Fsp3) is 0.412. The summed E-state index contributed by atoms with van der Waals surface area (Å²) in [7, 11) is 8.07. The van der Waals surface area contributed by atoms with E-state index in [2.05, 4.69) is 34.5 Å². The number of nitrogens with zero attached hydrogens (tertiary/aromatic N) is 2. The molecule has 5 rings (SSSR count). The van der Waals surface area contributed by atoms with Crippen molar-refractivity contribution < 1.29 is 28.5 Å². The molecule has 1 N–H and O–H groups in total. The molecule has 0 saturated carbocycles. The molecule has 0 saturated heterocycles. The first-order valence-electron chi connectivity index (χ1n) is 14.7. The van der Waals surface area contributed by atoms with E-state index in [-0.39, 0.29) is 18.5 Å². The third kappa shape index (κ3) is 6.72. The molecule has 0 fully saturated rings. The first kappa shape index (κ1) is 30.2. The van der Waals surface area contributed by atoms with E-state index in [0.717, 1.165) is 36.0 Å². The third-order valence-corrected chi connectivity index (χ3v) is 8.48. The smallest absolute Gasteiger partial charge is 0.414 e. The molecule has 2 aliphatic rings. The Labute approximate surface area is 253 Å². The van der Waals surface area contributed by atoms with Gasteiger partial charge in [-0.3, -0.25) is 9.69 Å². The average molecular weight is 588 g/mol. The lowest BCUT2D eigenvalue weighted by atomic mass is 9.88. The van der Waals surface area contributed by atoms with E-state index < -0.39 is 6.09 Å². The molecule has 228 valence electrons. The third-order valence-electron chi connectivity index (χ3n) is 8.48. The predicted molar refractivity (Wildman–Crippen MR) is 164 cm³/mol. The van der Waals surface area contributed by atoms with E-state index in [0.29, 0.717) is 48.4 Å². The average Bonchev–Trinajstić information content (AvgIpc) is 3.43. The Bertz CT molecular complexity index is 1470. The van der Waals surface area contributed by atoms with Gasteiger partial charge in [0.05, 0.1) is 27.9 Å². The van der Waals surface area contributed by atoms with Crippen molar-refractivity contribution in [2.45, 2.75) is 37.6 Å².